The van der Waals surface area contributed by atoms with E-state index in [0.29, 0.717) is 38.7 Å². The Labute approximate surface area is 275 Å². The standard InChI is InChI=1S/C34H32Cl2F2N8/c1-34(2,3)45-12-10-25(11-13-45)46-19-30(43-44-46)32(20-4-6-22(37)7-5-20)42-24-14-26-31(41-23-8-9-29(38)27(35)15-23)21(17-39)18-40-33(26)28(36)16-24/h4-9,14-16,18-19,25,32,42H,10-13H2,1-3H3,(H,40,41). The molecule has 0 aliphatic carbocycles. The molecular formula is C34H32Cl2F2N8. The summed E-state index contributed by atoms with van der Waals surface area (Å²) in [4.78, 5) is 6.91. The molecule has 1 aliphatic heterocycles. The third-order valence-electron chi connectivity index (χ3n) is 8.36. The number of nitrogens with one attached hydrogen (secondary N) is 2. The molecule has 1 unspecified atom stereocenters. The number of rotatable bonds is 7. The first-order chi connectivity index (χ1) is 22.0. The summed E-state index contributed by atoms with van der Waals surface area (Å²) in [5.74, 6) is -0.904. The van der Waals surface area contributed by atoms with Gasteiger partial charge in [0.15, 0.2) is 0 Å². The molecule has 1 aliphatic rings. The second-order valence-electron chi connectivity index (χ2n) is 12.4. The minimum absolute atomic E-state index is 0.0581. The number of piperidine rings is 1. The van der Waals surface area contributed by atoms with Crippen molar-refractivity contribution in [2.45, 2.75) is 51.2 Å². The lowest BCUT2D eigenvalue weighted by Crippen LogP contribution is -2.46. The quantitative estimate of drug-likeness (QED) is 0.180. The third-order valence-corrected chi connectivity index (χ3v) is 8.94. The van der Waals surface area contributed by atoms with Crippen molar-refractivity contribution in [3.8, 4) is 6.07 Å². The number of hydrogen-bond donors (Lipinski definition) is 2. The minimum atomic E-state index is -0.555. The van der Waals surface area contributed by atoms with Crippen molar-refractivity contribution in [1.82, 2.24) is 24.9 Å². The summed E-state index contributed by atoms with van der Waals surface area (Å²) < 4.78 is 29.7. The highest BCUT2D eigenvalue weighted by atomic mass is 35.5. The number of hydrogen-bond acceptors (Lipinski definition) is 7. The van der Waals surface area contributed by atoms with Gasteiger partial charge in [-0.15, -0.1) is 5.10 Å². The molecule has 0 radical (unpaired) electrons. The zero-order chi connectivity index (χ0) is 32.6. The molecule has 0 amide bonds. The Balaban J connectivity index is 1.36. The zero-order valence-corrected chi connectivity index (χ0v) is 27.0. The number of pyridine rings is 1. The number of fused-ring (bicyclic) bond motifs is 1. The Hall–Kier alpha value is -4.30. The van der Waals surface area contributed by atoms with Crippen LogP contribution in [0.25, 0.3) is 10.9 Å². The molecule has 12 heteroatoms. The predicted octanol–water partition coefficient (Wildman–Crippen LogP) is 8.66. The van der Waals surface area contributed by atoms with E-state index in [2.05, 4.69) is 57.7 Å². The average molecular weight is 662 g/mol. The van der Waals surface area contributed by atoms with Crippen molar-refractivity contribution in [2.24, 2.45) is 0 Å². The molecule has 0 saturated carbocycles. The van der Waals surface area contributed by atoms with Gasteiger partial charge in [-0.05, 0) is 81.6 Å². The van der Waals surface area contributed by atoms with Gasteiger partial charge in [-0.25, -0.2) is 13.5 Å². The van der Waals surface area contributed by atoms with Crippen LogP contribution in [-0.2, 0) is 0 Å². The van der Waals surface area contributed by atoms with Crippen LogP contribution in [0, 0.1) is 23.0 Å². The van der Waals surface area contributed by atoms with Crippen molar-refractivity contribution in [2.75, 3.05) is 23.7 Å². The molecule has 46 heavy (non-hydrogen) atoms. The molecule has 2 aromatic heterocycles. The lowest BCUT2D eigenvalue weighted by molar-refractivity contribution is 0.0866. The maximum absolute atomic E-state index is 14.0. The molecule has 8 nitrogen and oxygen atoms in total. The van der Waals surface area contributed by atoms with Gasteiger partial charge in [0, 0.05) is 41.6 Å². The fourth-order valence-corrected chi connectivity index (χ4v) is 6.28. The van der Waals surface area contributed by atoms with Gasteiger partial charge in [0.25, 0.3) is 0 Å². The maximum Gasteiger partial charge on any atom is 0.141 e. The Morgan fingerprint density at radius 1 is 0.978 bits per heavy atom. The number of likely N-dealkylation sites (tertiary alicyclic amines) is 1. The summed E-state index contributed by atoms with van der Waals surface area (Å²) in [6, 6.07) is 15.9. The summed E-state index contributed by atoms with van der Waals surface area (Å²) >= 11 is 12.8. The smallest absolute Gasteiger partial charge is 0.141 e. The molecular weight excluding hydrogens is 629 g/mol. The minimum Gasteiger partial charge on any atom is -0.373 e. The van der Waals surface area contributed by atoms with E-state index in [9.17, 15) is 14.0 Å². The predicted molar refractivity (Wildman–Crippen MR) is 178 cm³/mol. The molecule has 236 valence electrons. The fraction of sp³-hybridized carbons (Fsp3) is 0.294. The van der Waals surface area contributed by atoms with Gasteiger partial charge in [0.05, 0.1) is 45.1 Å². The highest BCUT2D eigenvalue weighted by Crippen LogP contribution is 2.37. The van der Waals surface area contributed by atoms with Gasteiger partial charge < -0.3 is 10.6 Å². The number of benzene rings is 3. The van der Waals surface area contributed by atoms with E-state index in [0.717, 1.165) is 31.5 Å². The van der Waals surface area contributed by atoms with E-state index >= 15 is 0 Å². The molecule has 3 heterocycles. The molecule has 0 spiro atoms. The van der Waals surface area contributed by atoms with E-state index in [1.807, 2.05) is 16.9 Å². The number of anilines is 3. The van der Waals surface area contributed by atoms with Crippen LogP contribution in [0.15, 0.2) is 67.0 Å². The second kappa shape index (κ2) is 12.8. The third kappa shape index (κ3) is 6.63. The molecule has 0 bridgehead atoms. The molecule has 6 rings (SSSR count). The van der Waals surface area contributed by atoms with Crippen LogP contribution >= 0.6 is 23.2 Å². The van der Waals surface area contributed by atoms with E-state index in [1.54, 1.807) is 18.2 Å². The lowest BCUT2D eigenvalue weighted by atomic mass is 9.98. The number of halogens is 4. The molecule has 1 saturated heterocycles. The van der Waals surface area contributed by atoms with Crippen LogP contribution < -0.4 is 10.6 Å². The van der Waals surface area contributed by atoms with Crippen LogP contribution in [0.5, 0.6) is 0 Å². The lowest BCUT2D eigenvalue weighted by Gasteiger charge is -2.40. The van der Waals surface area contributed by atoms with Crippen molar-refractivity contribution < 1.29 is 8.78 Å². The first-order valence-electron chi connectivity index (χ1n) is 14.9. The Kier molecular flexibility index (Phi) is 8.84. The first kappa shape index (κ1) is 31.7. The van der Waals surface area contributed by atoms with Crippen LogP contribution in [-0.4, -0.2) is 43.5 Å². The largest absolute Gasteiger partial charge is 0.373 e. The summed E-state index contributed by atoms with van der Waals surface area (Å²) in [5.41, 5.74) is 3.80. The van der Waals surface area contributed by atoms with Crippen molar-refractivity contribution in [1.29, 1.82) is 5.26 Å². The van der Waals surface area contributed by atoms with Crippen molar-refractivity contribution >= 4 is 51.2 Å². The first-order valence-corrected chi connectivity index (χ1v) is 15.7. The van der Waals surface area contributed by atoms with E-state index in [-0.39, 0.29) is 28.0 Å². The van der Waals surface area contributed by atoms with Gasteiger partial charge in [0.2, 0.25) is 0 Å². The van der Waals surface area contributed by atoms with Crippen LogP contribution in [0.4, 0.5) is 25.8 Å². The van der Waals surface area contributed by atoms with Gasteiger partial charge in [0.1, 0.15) is 23.4 Å². The molecule has 3 aromatic carbocycles. The van der Waals surface area contributed by atoms with Crippen molar-refractivity contribution in [3.05, 3.63) is 105 Å². The zero-order valence-electron chi connectivity index (χ0n) is 25.5. The van der Waals surface area contributed by atoms with Crippen LogP contribution in [0.3, 0.4) is 0 Å². The number of aromatic nitrogens is 4. The molecule has 1 fully saturated rings. The summed E-state index contributed by atoms with van der Waals surface area (Å²) in [6.45, 7) is 8.63. The number of nitriles is 1. The van der Waals surface area contributed by atoms with Crippen molar-refractivity contribution in [3.63, 3.8) is 0 Å². The maximum atomic E-state index is 14.0. The average Bonchev–Trinajstić information content (AvgIpc) is 3.52. The Bertz CT molecular complexity index is 1920. The van der Waals surface area contributed by atoms with Gasteiger partial charge >= 0.3 is 0 Å². The van der Waals surface area contributed by atoms with Gasteiger partial charge in [-0.2, -0.15) is 5.26 Å². The fourth-order valence-electron chi connectivity index (χ4n) is 5.83. The van der Waals surface area contributed by atoms with E-state index in [1.165, 1.54) is 36.5 Å². The SMILES string of the molecule is CC(C)(C)N1CCC(n2cc(C(Nc3cc(Cl)c4ncc(C#N)c(Nc5ccc(F)c(Cl)c5)c4c3)c3ccc(F)cc3)nn2)CC1. The monoisotopic (exact) mass is 660 g/mol. The van der Waals surface area contributed by atoms with Crippen LogP contribution in [0.2, 0.25) is 10.0 Å². The highest BCUT2D eigenvalue weighted by Gasteiger charge is 2.29. The topological polar surface area (TPSA) is 94.7 Å². The highest BCUT2D eigenvalue weighted by molar-refractivity contribution is 6.36. The van der Waals surface area contributed by atoms with Gasteiger partial charge in [-0.3, -0.25) is 9.88 Å². The second-order valence-corrected chi connectivity index (χ2v) is 13.2. The molecule has 1 atom stereocenters. The van der Waals surface area contributed by atoms with E-state index in [4.69, 9.17) is 23.2 Å². The normalized spacial score (nSPS) is 15.1. The van der Waals surface area contributed by atoms with Crippen LogP contribution in [0.1, 0.15) is 62.5 Å². The molecule has 5 aromatic rings. The molecule has 2 N–H and O–H groups in total. The number of nitrogens with zero attached hydrogens (tertiary/aromatic N) is 6. The van der Waals surface area contributed by atoms with E-state index < -0.39 is 11.9 Å². The summed E-state index contributed by atoms with van der Waals surface area (Å²) in [5, 5.41) is 26.5. The Morgan fingerprint density at radius 2 is 1.70 bits per heavy atom. The Morgan fingerprint density at radius 3 is 2.37 bits per heavy atom. The summed E-state index contributed by atoms with van der Waals surface area (Å²) in [6.07, 6.45) is 5.29. The summed E-state index contributed by atoms with van der Waals surface area (Å²) in [7, 11) is 0. The van der Waals surface area contributed by atoms with Gasteiger partial charge in [-0.1, -0.05) is 40.5 Å².